The fraction of sp³-hybridized carbons (Fsp3) is 0.722. The SMILES string of the molecule is CCCC1(C)CCCN(C(=NCC(O)c2ccco2)NCC)C1. The van der Waals surface area contributed by atoms with E-state index in [9.17, 15) is 5.11 Å². The zero-order valence-corrected chi connectivity index (χ0v) is 14.7. The molecule has 1 saturated heterocycles. The topological polar surface area (TPSA) is 61.0 Å². The van der Waals surface area contributed by atoms with Crippen molar-refractivity contribution in [3.05, 3.63) is 24.2 Å². The number of nitrogens with zero attached hydrogens (tertiary/aromatic N) is 2. The molecule has 0 aromatic carbocycles. The van der Waals surface area contributed by atoms with Crippen LogP contribution in [0, 0.1) is 5.41 Å². The van der Waals surface area contributed by atoms with Crippen LogP contribution < -0.4 is 5.32 Å². The van der Waals surface area contributed by atoms with Crippen LogP contribution in [-0.4, -0.2) is 42.1 Å². The summed E-state index contributed by atoms with van der Waals surface area (Å²) in [5.41, 5.74) is 0.364. The van der Waals surface area contributed by atoms with E-state index in [-0.39, 0.29) is 0 Å². The minimum Gasteiger partial charge on any atom is -0.467 e. The second-order valence-corrected chi connectivity index (χ2v) is 6.81. The van der Waals surface area contributed by atoms with Gasteiger partial charge in [0.05, 0.1) is 12.8 Å². The summed E-state index contributed by atoms with van der Waals surface area (Å²) in [5, 5.41) is 13.5. The third-order valence-electron chi connectivity index (χ3n) is 4.55. The van der Waals surface area contributed by atoms with Gasteiger partial charge in [-0.25, -0.2) is 4.99 Å². The Morgan fingerprint density at radius 3 is 3.00 bits per heavy atom. The van der Waals surface area contributed by atoms with Crippen molar-refractivity contribution in [2.24, 2.45) is 10.4 Å². The van der Waals surface area contributed by atoms with Gasteiger partial charge in [0.25, 0.3) is 0 Å². The average molecular weight is 321 g/mol. The van der Waals surface area contributed by atoms with E-state index in [0.717, 1.165) is 25.6 Å². The molecule has 2 unspecified atom stereocenters. The molecule has 1 aromatic rings. The van der Waals surface area contributed by atoms with Gasteiger partial charge in [0, 0.05) is 19.6 Å². The number of furan rings is 1. The van der Waals surface area contributed by atoms with Gasteiger partial charge in [0.15, 0.2) is 5.96 Å². The summed E-state index contributed by atoms with van der Waals surface area (Å²) >= 11 is 0. The Kier molecular flexibility index (Phi) is 6.51. The van der Waals surface area contributed by atoms with E-state index < -0.39 is 6.10 Å². The third kappa shape index (κ3) is 4.99. The predicted molar refractivity (Wildman–Crippen MR) is 93.5 cm³/mol. The van der Waals surface area contributed by atoms with Gasteiger partial charge in [0.2, 0.25) is 0 Å². The van der Waals surface area contributed by atoms with Crippen LogP contribution in [0.4, 0.5) is 0 Å². The molecule has 0 amide bonds. The third-order valence-corrected chi connectivity index (χ3v) is 4.55. The predicted octanol–water partition coefficient (Wildman–Crippen LogP) is 3.18. The molecule has 2 atom stereocenters. The Labute approximate surface area is 139 Å². The highest BCUT2D eigenvalue weighted by Crippen LogP contribution is 2.33. The fourth-order valence-electron chi connectivity index (χ4n) is 3.47. The zero-order chi connectivity index (χ0) is 16.7. The van der Waals surface area contributed by atoms with Crippen molar-refractivity contribution in [1.82, 2.24) is 10.2 Å². The lowest BCUT2D eigenvalue weighted by Gasteiger charge is -2.42. The lowest BCUT2D eigenvalue weighted by molar-refractivity contribution is 0.139. The molecule has 0 radical (unpaired) electrons. The summed E-state index contributed by atoms with van der Waals surface area (Å²) in [6.45, 7) is 9.92. The molecule has 2 N–H and O–H groups in total. The van der Waals surface area contributed by atoms with Gasteiger partial charge in [-0.3, -0.25) is 0 Å². The minimum absolute atomic E-state index is 0.316. The van der Waals surface area contributed by atoms with Crippen molar-refractivity contribution in [3.63, 3.8) is 0 Å². The highest BCUT2D eigenvalue weighted by Gasteiger charge is 2.31. The highest BCUT2D eigenvalue weighted by atomic mass is 16.4. The van der Waals surface area contributed by atoms with Gasteiger partial charge in [-0.1, -0.05) is 20.3 Å². The molecule has 1 aromatic heterocycles. The standard InChI is InChI=1S/C18H31N3O2/c1-4-9-18(3)10-7-11-21(14-18)17(19-5-2)20-13-15(22)16-8-6-12-23-16/h6,8,12,15,22H,4-5,7,9-11,13-14H2,1-3H3,(H,19,20). The normalized spacial score (nSPS) is 23.8. The molecule has 1 aliphatic heterocycles. The summed E-state index contributed by atoms with van der Waals surface area (Å²) in [6, 6.07) is 3.57. The number of hydrogen-bond acceptors (Lipinski definition) is 3. The summed E-state index contributed by atoms with van der Waals surface area (Å²) in [4.78, 5) is 6.98. The quantitative estimate of drug-likeness (QED) is 0.624. The summed E-state index contributed by atoms with van der Waals surface area (Å²) < 4.78 is 5.24. The maximum absolute atomic E-state index is 10.2. The maximum Gasteiger partial charge on any atom is 0.194 e. The molecule has 1 aliphatic rings. The molecule has 0 saturated carbocycles. The first-order valence-electron chi connectivity index (χ1n) is 8.82. The monoisotopic (exact) mass is 321 g/mol. The average Bonchev–Trinajstić information content (AvgIpc) is 3.05. The molecule has 5 nitrogen and oxygen atoms in total. The molecule has 2 rings (SSSR count). The van der Waals surface area contributed by atoms with E-state index in [1.54, 1.807) is 18.4 Å². The molecule has 5 heteroatoms. The van der Waals surface area contributed by atoms with E-state index in [0.29, 0.717) is 17.7 Å². The molecule has 1 fully saturated rings. The van der Waals surface area contributed by atoms with Crippen molar-refractivity contribution >= 4 is 5.96 Å². The van der Waals surface area contributed by atoms with Crippen LogP contribution in [0.1, 0.15) is 58.3 Å². The van der Waals surface area contributed by atoms with E-state index in [1.807, 2.05) is 0 Å². The summed E-state index contributed by atoms with van der Waals surface area (Å²) in [5.74, 6) is 1.47. The highest BCUT2D eigenvalue weighted by molar-refractivity contribution is 5.80. The van der Waals surface area contributed by atoms with Gasteiger partial charge in [-0.15, -0.1) is 0 Å². The van der Waals surface area contributed by atoms with Gasteiger partial charge in [-0.05, 0) is 43.7 Å². The van der Waals surface area contributed by atoms with Crippen molar-refractivity contribution in [2.75, 3.05) is 26.2 Å². The van der Waals surface area contributed by atoms with Crippen molar-refractivity contribution < 1.29 is 9.52 Å². The second-order valence-electron chi connectivity index (χ2n) is 6.81. The molecule has 2 heterocycles. The first kappa shape index (κ1) is 17.9. The van der Waals surface area contributed by atoms with Crippen LogP contribution in [0.3, 0.4) is 0 Å². The molecule has 0 bridgehead atoms. The first-order chi connectivity index (χ1) is 11.1. The van der Waals surface area contributed by atoms with Crippen LogP contribution >= 0.6 is 0 Å². The molecular formula is C18H31N3O2. The number of guanidine groups is 1. The van der Waals surface area contributed by atoms with E-state index in [2.05, 4.69) is 36.0 Å². The smallest absolute Gasteiger partial charge is 0.194 e. The number of aliphatic hydroxyl groups is 1. The van der Waals surface area contributed by atoms with E-state index in [1.165, 1.54) is 25.7 Å². The number of piperidine rings is 1. The van der Waals surface area contributed by atoms with Crippen LogP contribution in [0.25, 0.3) is 0 Å². The minimum atomic E-state index is -0.689. The van der Waals surface area contributed by atoms with Gasteiger partial charge < -0.3 is 19.7 Å². The lowest BCUT2D eigenvalue weighted by Crippen LogP contribution is -2.50. The van der Waals surface area contributed by atoms with E-state index >= 15 is 0 Å². The number of likely N-dealkylation sites (tertiary alicyclic amines) is 1. The summed E-state index contributed by atoms with van der Waals surface area (Å²) in [6.07, 6.45) is 5.83. The number of aliphatic hydroxyl groups excluding tert-OH is 1. The molecular weight excluding hydrogens is 290 g/mol. The zero-order valence-electron chi connectivity index (χ0n) is 14.7. The summed E-state index contributed by atoms with van der Waals surface area (Å²) in [7, 11) is 0. The Morgan fingerprint density at radius 2 is 2.35 bits per heavy atom. The van der Waals surface area contributed by atoms with E-state index in [4.69, 9.17) is 4.42 Å². The van der Waals surface area contributed by atoms with Gasteiger partial charge >= 0.3 is 0 Å². The number of nitrogens with one attached hydrogen (secondary N) is 1. The molecule has 0 aliphatic carbocycles. The van der Waals surface area contributed by atoms with Crippen LogP contribution in [0.2, 0.25) is 0 Å². The Hall–Kier alpha value is -1.49. The number of hydrogen-bond donors (Lipinski definition) is 2. The Morgan fingerprint density at radius 1 is 1.52 bits per heavy atom. The number of aliphatic imine (C=N–C) groups is 1. The Balaban J connectivity index is 2.03. The fourth-order valence-corrected chi connectivity index (χ4v) is 3.47. The molecule has 23 heavy (non-hydrogen) atoms. The Bertz CT molecular complexity index is 482. The van der Waals surface area contributed by atoms with Crippen LogP contribution in [-0.2, 0) is 0 Å². The number of rotatable bonds is 6. The van der Waals surface area contributed by atoms with Crippen LogP contribution in [0.15, 0.2) is 27.8 Å². The lowest BCUT2D eigenvalue weighted by atomic mass is 9.78. The first-order valence-corrected chi connectivity index (χ1v) is 8.82. The van der Waals surface area contributed by atoms with Gasteiger partial charge in [0.1, 0.15) is 11.9 Å². The molecule has 0 spiro atoms. The maximum atomic E-state index is 10.2. The van der Waals surface area contributed by atoms with Crippen molar-refractivity contribution in [3.8, 4) is 0 Å². The second kappa shape index (κ2) is 8.39. The van der Waals surface area contributed by atoms with Crippen LogP contribution in [0.5, 0.6) is 0 Å². The van der Waals surface area contributed by atoms with Crippen molar-refractivity contribution in [1.29, 1.82) is 0 Å². The largest absolute Gasteiger partial charge is 0.467 e. The van der Waals surface area contributed by atoms with Gasteiger partial charge in [-0.2, -0.15) is 0 Å². The molecule has 130 valence electrons. The van der Waals surface area contributed by atoms with Crippen molar-refractivity contribution in [2.45, 2.75) is 52.6 Å².